The van der Waals surface area contributed by atoms with Gasteiger partial charge in [-0.15, -0.1) is 0 Å². The molecule has 0 aromatic carbocycles. The Morgan fingerprint density at radius 2 is 2.06 bits per heavy atom. The summed E-state index contributed by atoms with van der Waals surface area (Å²) < 4.78 is 26.7. The minimum absolute atomic E-state index is 0.00333. The summed E-state index contributed by atoms with van der Waals surface area (Å²) in [4.78, 5) is 15.6. The van der Waals surface area contributed by atoms with Gasteiger partial charge in [0.05, 0.1) is 0 Å². The van der Waals surface area contributed by atoms with Gasteiger partial charge in [0.25, 0.3) is 0 Å². The van der Waals surface area contributed by atoms with Crippen LogP contribution in [0.3, 0.4) is 0 Å². The SMILES string of the molecule is CCCN=C1NC(=O)N(C(C)CC)S(=O)(=O)N1. The van der Waals surface area contributed by atoms with Gasteiger partial charge in [0.15, 0.2) is 0 Å². The van der Waals surface area contributed by atoms with Crippen LogP contribution in [0.15, 0.2) is 4.99 Å². The smallest absolute Gasteiger partial charge is 0.276 e. The van der Waals surface area contributed by atoms with Gasteiger partial charge in [-0.25, -0.2) is 13.8 Å². The molecule has 1 aliphatic rings. The normalized spacial score (nSPS) is 23.1. The van der Waals surface area contributed by atoms with Crippen molar-refractivity contribution in [2.24, 2.45) is 4.99 Å². The Kier molecular flexibility index (Phi) is 4.33. The predicted molar refractivity (Wildman–Crippen MR) is 64.8 cm³/mol. The second-order valence-electron chi connectivity index (χ2n) is 3.82. The summed E-state index contributed by atoms with van der Waals surface area (Å²) >= 11 is 0. The van der Waals surface area contributed by atoms with E-state index in [0.29, 0.717) is 13.0 Å². The lowest BCUT2D eigenvalue weighted by Crippen LogP contribution is -2.63. The van der Waals surface area contributed by atoms with E-state index >= 15 is 0 Å². The molecule has 98 valence electrons. The second kappa shape index (κ2) is 5.35. The van der Waals surface area contributed by atoms with Gasteiger partial charge in [-0.1, -0.05) is 13.8 Å². The number of nitrogens with one attached hydrogen (secondary N) is 2. The molecule has 0 saturated carbocycles. The third-order valence-electron chi connectivity index (χ3n) is 2.39. The van der Waals surface area contributed by atoms with Crippen molar-refractivity contribution in [3.05, 3.63) is 0 Å². The molecular weight excluding hydrogens is 244 g/mol. The first-order valence-electron chi connectivity index (χ1n) is 5.60. The number of guanidine groups is 1. The van der Waals surface area contributed by atoms with Crippen LogP contribution in [0.2, 0.25) is 0 Å². The summed E-state index contributed by atoms with van der Waals surface area (Å²) in [5, 5.41) is 2.42. The molecule has 0 aliphatic carbocycles. The topological polar surface area (TPSA) is 90.9 Å². The zero-order chi connectivity index (χ0) is 13.1. The van der Waals surface area contributed by atoms with Gasteiger partial charge in [-0.05, 0) is 19.8 Å². The maximum atomic E-state index is 11.8. The Morgan fingerprint density at radius 3 is 2.53 bits per heavy atom. The molecule has 0 bridgehead atoms. The third kappa shape index (κ3) is 3.09. The van der Waals surface area contributed by atoms with E-state index in [-0.39, 0.29) is 12.0 Å². The van der Waals surface area contributed by atoms with E-state index in [0.717, 1.165) is 10.7 Å². The fraction of sp³-hybridized carbons (Fsp3) is 0.778. The number of nitrogens with zero attached hydrogens (tertiary/aromatic N) is 2. The molecule has 1 rings (SSSR count). The Morgan fingerprint density at radius 1 is 1.41 bits per heavy atom. The van der Waals surface area contributed by atoms with Crippen LogP contribution in [-0.2, 0) is 10.2 Å². The fourth-order valence-corrected chi connectivity index (χ4v) is 2.71. The summed E-state index contributed by atoms with van der Waals surface area (Å²) in [6, 6.07) is -1.05. The first-order chi connectivity index (χ1) is 7.92. The summed E-state index contributed by atoms with van der Waals surface area (Å²) in [5.74, 6) is -0.00333. The molecule has 1 aliphatic heterocycles. The highest BCUT2D eigenvalue weighted by Gasteiger charge is 2.37. The highest BCUT2D eigenvalue weighted by Crippen LogP contribution is 2.11. The average Bonchev–Trinajstić information content (AvgIpc) is 2.23. The number of rotatable bonds is 4. The Bertz CT molecular complexity index is 418. The van der Waals surface area contributed by atoms with Crippen molar-refractivity contribution in [1.29, 1.82) is 0 Å². The van der Waals surface area contributed by atoms with E-state index in [1.165, 1.54) is 0 Å². The Hall–Kier alpha value is -1.31. The fourth-order valence-electron chi connectivity index (χ4n) is 1.36. The van der Waals surface area contributed by atoms with Crippen molar-refractivity contribution < 1.29 is 13.2 Å². The first-order valence-corrected chi connectivity index (χ1v) is 7.04. The molecule has 0 aromatic rings. The van der Waals surface area contributed by atoms with Crippen molar-refractivity contribution >= 4 is 22.2 Å². The number of aliphatic imine (C=N–C) groups is 1. The Labute approximate surface area is 101 Å². The lowest BCUT2D eigenvalue weighted by Gasteiger charge is -2.32. The van der Waals surface area contributed by atoms with Crippen LogP contribution < -0.4 is 10.0 Å². The molecule has 17 heavy (non-hydrogen) atoms. The largest absolute Gasteiger partial charge is 0.339 e. The van der Waals surface area contributed by atoms with E-state index in [4.69, 9.17) is 0 Å². The molecule has 1 atom stereocenters. The van der Waals surface area contributed by atoms with Gasteiger partial charge >= 0.3 is 16.2 Å². The lowest BCUT2D eigenvalue weighted by molar-refractivity contribution is 0.215. The van der Waals surface area contributed by atoms with E-state index in [9.17, 15) is 13.2 Å². The number of carbonyl (C=O) groups is 1. The molecule has 0 radical (unpaired) electrons. The van der Waals surface area contributed by atoms with Crippen LogP contribution >= 0.6 is 0 Å². The number of hydrogen-bond acceptors (Lipinski definition) is 4. The summed E-state index contributed by atoms with van der Waals surface area (Å²) in [6.07, 6.45) is 1.33. The van der Waals surface area contributed by atoms with Crippen molar-refractivity contribution in [2.45, 2.75) is 39.7 Å². The molecule has 0 spiro atoms. The van der Waals surface area contributed by atoms with Crippen LogP contribution in [0.5, 0.6) is 0 Å². The molecule has 1 saturated heterocycles. The van der Waals surface area contributed by atoms with E-state index in [1.54, 1.807) is 6.92 Å². The van der Waals surface area contributed by atoms with Crippen LogP contribution in [-0.4, -0.2) is 37.3 Å². The van der Waals surface area contributed by atoms with E-state index in [2.05, 4.69) is 15.0 Å². The molecular formula is C9H18N4O3S. The third-order valence-corrected chi connectivity index (χ3v) is 3.89. The predicted octanol–water partition coefficient (Wildman–Crippen LogP) is 0.410. The van der Waals surface area contributed by atoms with Gasteiger partial charge < -0.3 is 0 Å². The van der Waals surface area contributed by atoms with E-state index < -0.39 is 16.2 Å². The van der Waals surface area contributed by atoms with Gasteiger partial charge in [0.1, 0.15) is 0 Å². The van der Waals surface area contributed by atoms with Gasteiger partial charge in [0.2, 0.25) is 5.96 Å². The van der Waals surface area contributed by atoms with Crippen molar-refractivity contribution in [1.82, 2.24) is 14.3 Å². The summed E-state index contributed by atoms with van der Waals surface area (Å²) in [5.41, 5.74) is 0. The van der Waals surface area contributed by atoms with Crippen LogP contribution in [0.1, 0.15) is 33.6 Å². The van der Waals surface area contributed by atoms with Crippen LogP contribution in [0.25, 0.3) is 0 Å². The standard InChI is InChI=1S/C9H18N4O3S/c1-4-6-10-8-11-9(14)13(7(3)5-2)17(15,16)12-8/h7H,4-6H2,1-3H3,(H2,10,11,12,14). The number of amides is 2. The lowest BCUT2D eigenvalue weighted by atomic mass is 10.3. The van der Waals surface area contributed by atoms with E-state index in [1.807, 2.05) is 13.8 Å². The molecule has 1 heterocycles. The monoisotopic (exact) mass is 262 g/mol. The first kappa shape index (κ1) is 13.8. The highest BCUT2D eigenvalue weighted by atomic mass is 32.2. The van der Waals surface area contributed by atoms with Crippen LogP contribution in [0.4, 0.5) is 4.79 Å². The maximum absolute atomic E-state index is 11.8. The summed E-state index contributed by atoms with van der Waals surface area (Å²) in [6.45, 7) is 5.86. The quantitative estimate of drug-likeness (QED) is 0.768. The number of carbonyl (C=O) groups excluding carboxylic acids is 1. The number of urea groups is 1. The minimum Gasteiger partial charge on any atom is -0.276 e. The molecule has 1 fully saturated rings. The van der Waals surface area contributed by atoms with Crippen molar-refractivity contribution in [3.8, 4) is 0 Å². The van der Waals surface area contributed by atoms with Gasteiger partial charge in [-0.2, -0.15) is 8.42 Å². The Balaban J connectivity index is 2.93. The average molecular weight is 262 g/mol. The zero-order valence-corrected chi connectivity index (χ0v) is 11.0. The molecule has 0 aromatic heterocycles. The van der Waals surface area contributed by atoms with Gasteiger partial charge in [-0.3, -0.25) is 10.3 Å². The van der Waals surface area contributed by atoms with Crippen molar-refractivity contribution in [3.63, 3.8) is 0 Å². The summed E-state index contributed by atoms with van der Waals surface area (Å²) in [7, 11) is -3.82. The van der Waals surface area contributed by atoms with Crippen molar-refractivity contribution in [2.75, 3.05) is 6.54 Å². The number of hydrogen-bond donors (Lipinski definition) is 2. The second-order valence-corrected chi connectivity index (χ2v) is 5.37. The zero-order valence-electron chi connectivity index (χ0n) is 10.2. The minimum atomic E-state index is -3.82. The molecule has 8 heteroatoms. The van der Waals surface area contributed by atoms with Gasteiger partial charge in [0, 0.05) is 12.6 Å². The maximum Gasteiger partial charge on any atom is 0.339 e. The highest BCUT2D eigenvalue weighted by molar-refractivity contribution is 7.88. The molecule has 2 amide bonds. The molecule has 7 nitrogen and oxygen atoms in total. The molecule has 1 unspecified atom stereocenters. The molecule has 2 N–H and O–H groups in total. The van der Waals surface area contributed by atoms with Crippen LogP contribution in [0, 0.1) is 0 Å².